The van der Waals surface area contributed by atoms with Crippen LogP contribution in [0.5, 0.6) is 0 Å². The van der Waals surface area contributed by atoms with Gasteiger partial charge in [0.15, 0.2) is 0 Å². The summed E-state index contributed by atoms with van der Waals surface area (Å²) < 4.78 is 0. The maximum absolute atomic E-state index is 11.6. The number of nitrogens with one attached hydrogen (secondary N) is 1. The Balaban J connectivity index is 2.69. The Kier molecular flexibility index (Phi) is 5.73. The van der Waals surface area contributed by atoms with Gasteiger partial charge >= 0.3 is 5.97 Å². The predicted molar refractivity (Wildman–Crippen MR) is 73.9 cm³/mol. The van der Waals surface area contributed by atoms with Crippen molar-refractivity contribution in [1.29, 1.82) is 5.26 Å². The third kappa shape index (κ3) is 5.11. The molecule has 2 N–H and O–H groups in total. The Labute approximate surface area is 118 Å². The molecule has 5 heteroatoms. The molecular weight excluding hydrogens is 256 g/mol. The zero-order valence-electron chi connectivity index (χ0n) is 11.6. The largest absolute Gasteiger partial charge is 0.480 e. The van der Waals surface area contributed by atoms with Crippen LogP contribution in [0, 0.1) is 17.2 Å². The van der Waals surface area contributed by atoms with E-state index in [0.717, 1.165) is 5.56 Å². The molecule has 0 heterocycles. The van der Waals surface area contributed by atoms with Crippen LogP contribution in [-0.2, 0) is 16.0 Å². The van der Waals surface area contributed by atoms with Gasteiger partial charge in [-0.15, -0.1) is 0 Å². The number of nitriles is 1. The van der Waals surface area contributed by atoms with Gasteiger partial charge in [0.1, 0.15) is 6.04 Å². The van der Waals surface area contributed by atoms with Gasteiger partial charge < -0.3 is 10.4 Å². The lowest BCUT2D eigenvalue weighted by atomic mass is 10.0. The maximum atomic E-state index is 11.6. The first-order chi connectivity index (χ1) is 9.42. The summed E-state index contributed by atoms with van der Waals surface area (Å²) in [5.41, 5.74) is 1.28. The second kappa shape index (κ2) is 7.29. The molecule has 0 aromatic heterocycles. The molecule has 20 heavy (non-hydrogen) atoms. The first kappa shape index (κ1) is 15.7. The van der Waals surface area contributed by atoms with E-state index in [1.165, 1.54) is 0 Å². The fraction of sp³-hybridized carbons (Fsp3) is 0.400. The molecule has 1 aromatic rings. The Morgan fingerprint density at radius 2 is 1.90 bits per heavy atom. The number of rotatable bonds is 6. The molecule has 0 saturated carbocycles. The van der Waals surface area contributed by atoms with E-state index in [1.54, 1.807) is 24.3 Å². The van der Waals surface area contributed by atoms with Crippen molar-refractivity contribution in [2.45, 2.75) is 32.7 Å². The van der Waals surface area contributed by atoms with Crippen LogP contribution in [0.15, 0.2) is 24.3 Å². The van der Waals surface area contributed by atoms with Crippen molar-refractivity contribution in [2.75, 3.05) is 0 Å². The predicted octanol–water partition coefficient (Wildman–Crippen LogP) is 1.72. The minimum Gasteiger partial charge on any atom is -0.480 e. The number of benzene rings is 1. The van der Waals surface area contributed by atoms with Gasteiger partial charge in [-0.3, -0.25) is 4.79 Å². The highest BCUT2D eigenvalue weighted by Gasteiger charge is 2.20. The molecule has 0 radical (unpaired) electrons. The van der Waals surface area contributed by atoms with E-state index in [1.807, 2.05) is 19.9 Å². The topological polar surface area (TPSA) is 90.2 Å². The summed E-state index contributed by atoms with van der Waals surface area (Å²) in [7, 11) is 0. The maximum Gasteiger partial charge on any atom is 0.326 e. The lowest BCUT2D eigenvalue weighted by molar-refractivity contribution is -0.141. The molecular formula is C15H18N2O3. The van der Waals surface area contributed by atoms with Gasteiger partial charge in [-0.25, -0.2) is 4.79 Å². The molecule has 1 amide bonds. The van der Waals surface area contributed by atoms with E-state index in [-0.39, 0.29) is 18.2 Å². The van der Waals surface area contributed by atoms with Gasteiger partial charge in [0.25, 0.3) is 0 Å². The molecule has 0 unspecified atom stereocenters. The number of carboxylic acid groups (broad SMARTS) is 1. The molecule has 0 bridgehead atoms. The van der Waals surface area contributed by atoms with Gasteiger partial charge in [0.05, 0.1) is 11.6 Å². The number of hydrogen-bond acceptors (Lipinski definition) is 3. The molecule has 0 saturated heterocycles. The van der Waals surface area contributed by atoms with Crippen molar-refractivity contribution in [3.8, 4) is 6.07 Å². The van der Waals surface area contributed by atoms with Gasteiger partial charge in [-0.05, 0) is 23.6 Å². The molecule has 0 aliphatic rings. The van der Waals surface area contributed by atoms with Gasteiger partial charge in [0, 0.05) is 12.8 Å². The summed E-state index contributed by atoms with van der Waals surface area (Å²) in [6.45, 7) is 3.80. The quantitative estimate of drug-likeness (QED) is 0.826. The molecule has 5 nitrogen and oxygen atoms in total. The third-order valence-electron chi connectivity index (χ3n) is 2.75. The number of carbonyl (C=O) groups is 2. The first-order valence-corrected chi connectivity index (χ1v) is 6.43. The smallest absolute Gasteiger partial charge is 0.326 e. The average molecular weight is 274 g/mol. The summed E-state index contributed by atoms with van der Waals surface area (Å²) in [5, 5.41) is 20.4. The van der Waals surface area contributed by atoms with E-state index in [0.29, 0.717) is 12.0 Å². The number of nitrogens with zero attached hydrogens (tertiary/aromatic N) is 1. The molecule has 1 atom stereocenters. The summed E-state index contributed by atoms with van der Waals surface area (Å²) in [5.74, 6) is -1.15. The van der Waals surface area contributed by atoms with Crippen molar-refractivity contribution in [1.82, 2.24) is 5.32 Å². The van der Waals surface area contributed by atoms with Crippen LogP contribution in [0.4, 0.5) is 0 Å². The van der Waals surface area contributed by atoms with Gasteiger partial charge in [-0.1, -0.05) is 26.0 Å². The Morgan fingerprint density at radius 3 is 2.35 bits per heavy atom. The lowest BCUT2D eigenvalue weighted by Crippen LogP contribution is -2.42. The zero-order chi connectivity index (χ0) is 15.1. The van der Waals surface area contributed by atoms with Crippen LogP contribution in [0.2, 0.25) is 0 Å². The van der Waals surface area contributed by atoms with Crippen molar-refractivity contribution in [3.05, 3.63) is 35.4 Å². The van der Waals surface area contributed by atoms with Crippen molar-refractivity contribution in [2.24, 2.45) is 5.92 Å². The van der Waals surface area contributed by atoms with Crippen molar-refractivity contribution in [3.63, 3.8) is 0 Å². The molecule has 0 aliphatic carbocycles. The lowest BCUT2D eigenvalue weighted by Gasteiger charge is -2.15. The average Bonchev–Trinajstić information content (AvgIpc) is 2.37. The summed E-state index contributed by atoms with van der Waals surface area (Å²) in [6.07, 6.45) is 0.502. The number of aliphatic carboxylic acids is 1. The van der Waals surface area contributed by atoms with Crippen LogP contribution >= 0.6 is 0 Å². The first-order valence-electron chi connectivity index (χ1n) is 6.43. The van der Waals surface area contributed by atoms with Crippen molar-refractivity contribution >= 4 is 11.9 Å². The Hall–Kier alpha value is -2.35. The highest BCUT2D eigenvalue weighted by Crippen LogP contribution is 2.07. The number of amides is 1. The van der Waals surface area contributed by atoms with Crippen LogP contribution in [0.1, 0.15) is 31.4 Å². The van der Waals surface area contributed by atoms with E-state index < -0.39 is 12.0 Å². The normalized spacial score (nSPS) is 11.7. The molecule has 0 aliphatic heterocycles. The highest BCUT2D eigenvalue weighted by molar-refractivity contribution is 5.83. The van der Waals surface area contributed by atoms with Gasteiger partial charge in [0.2, 0.25) is 5.91 Å². The third-order valence-corrected chi connectivity index (χ3v) is 2.75. The fourth-order valence-electron chi connectivity index (χ4n) is 1.78. The van der Waals surface area contributed by atoms with E-state index in [4.69, 9.17) is 10.4 Å². The van der Waals surface area contributed by atoms with Gasteiger partial charge in [-0.2, -0.15) is 5.26 Å². The molecule has 0 fully saturated rings. The number of hydrogen-bond donors (Lipinski definition) is 2. The molecule has 1 rings (SSSR count). The van der Waals surface area contributed by atoms with Crippen LogP contribution in [-0.4, -0.2) is 23.0 Å². The second-order valence-corrected chi connectivity index (χ2v) is 5.07. The van der Waals surface area contributed by atoms with E-state index >= 15 is 0 Å². The minimum absolute atomic E-state index is 0.180. The van der Waals surface area contributed by atoms with Crippen LogP contribution < -0.4 is 5.32 Å². The molecule has 0 spiro atoms. The SMILES string of the molecule is CC(C)CC(=O)N[C@H](Cc1ccc(C#N)cc1)C(=O)O. The van der Waals surface area contributed by atoms with E-state index in [9.17, 15) is 9.59 Å². The monoisotopic (exact) mass is 274 g/mol. The second-order valence-electron chi connectivity index (χ2n) is 5.07. The zero-order valence-corrected chi connectivity index (χ0v) is 11.6. The summed E-state index contributed by atoms with van der Waals surface area (Å²) in [4.78, 5) is 22.8. The number of carbonyl (C=O) groups excluding carboxylic acids is 1. The van der Waals surface area contributed by atoms with Crippen LogP contribution in [0.25, 0.3) is 0 Å². The summed E-state index contributed by atoms with van der Waals surface area (Å²) in [6, 6.07) is 7.70. The van der Waals surface area contributed by atoms with Crippen LogP contribution in [0.3, 0.4) is 0 Å². The Bertz CT molecular complexity index is 515. The molecule has 1 aromatic carbocycles. The summed E-state index contributed by atoms with van der Waals surface area (Å²) >= 11 is 0. The molecule has 106 valence electrons. The van der Waals surface area contributed by atoms with E-state index in [2.05, 4.69) is 5.32 Å². The van der Waals surface area contributed by atoms with Crippen molar-refractivity contribution < 1.29 is 14.7 Å². The fourth-order valence-corrected chi connectivity index (χ4v) is 1.78. The highest BCUT2D eigenvalue weighted by atomic mass is 16.4. The number of carboxylic acids is 1. The minimum atomic E-state index is -1.06. The standard InChI is InChI=1S/C15H18N2O3/c1-10(2)7-14(18)17-13(15(19)20)8-11-3-5-12(9-16)6-4-11/h3-6,10,13H,7-8H2,1-2H3,(H,17,18)(H,19,20)/t13-/m1/s1. The Morgan fingerprint density at radius 1 is 1.30 bits per heavy atom.